The summed E-state index contributed by atoms with van der Waals surface area (Å²) in [5, 5.41) is -0.213. The lowest BCUT2D eigenvalue weighted by Crippen LogP contribution is -2.23. The molecular formula is C26H18ClF2N3O4. The Morgan fingerprint density at radius 1 is 1.08 bits per heavy atom. The fraction of sp³-hybridized carbons (Fsp3) is 0.154. The monoisotopic (exact) mass is 509 g/mol. The molecule has 4 aromatic rings. The van der Waals surface area contributed by atoms with Crippen molar-refractivity contribution in [2.24, 2.45) is 0 Å². The lowest BCUT2D eigenvalue weighted by atomic mass is 10.0. The number of benzene rings is 1. The molecule has 1 aliphatic heterocycles. The maximum atomic E-state index is 13.9. The highest BCUT2D eigenvalue weighted by molar-refractivity contribution is 6.31. The van der Waals surface area contributed by atoms with Gasteiger partial charge < -0.3 is 9.47 Å². The molecule has 5 rings (SSSR count). The van der Waals surface area contributed by atoms with Crippen LogP contribution < -0.4 is 15.0 Å². The van der Waals surface area contributed by atoms with E-state index in [9.17, 15) is 18.4 Å². The summed E-state index contributed by atoms with van der Waals surface area (Å²) in [5.41, 5.74) is 2.69. The zero-order valence-electron chi connectivity index (χ0n) is 19.1. The number of fused-ring (bicyclic) bond motifs is 1. The summed E-state index contributed by atoms with van der Waals surface area (Å²) in [7, 11) is 0. The molecule has 0 aliphatic carbocycles. The molecule has 36 heavy (non-hydrogen) atoms. The first kappa shape index (κ1) is 23.6. The molecule has 0 fully saturated rings. The zero-order valence-corrected chi connectivity index (χ0v) is 19.9. The molecule has 182 valence electrons. The molecule has 0 amide bonds. The van der Waals surface area contributed by atoms with Gasteiger partial charge in [0.25, 0.3) is 5.56 Å². The highest BCUT2D eigenvalue weighted by Crippen LogP contribution is 2.37. The molecule has 3 aromatic heterocycles. The van der Waals surface area contributed by atoms with Crippen LogP contribution in [-0.2, 0) is 6.61 Å². The SMILES string of the molecule is Cc1cnc(-c2cccc3c2OCC3=O)cc1-n1c(C)cc(OCc2ncc(F)cc2F)c(Cl)c1=O. The molecule has 0 spiro atoms. The minimum atomic E-state index is -0.866. The number of ketones is 1. The largest absolute Gasteiger partial charge is 0.485 e. The highest BCUT2D eigenvalue weighted by atomic mass is 35.5. The minimum absolute atomic E-state index is 0.0297. The Bertz CT molecular complexity index is 1600. The number of Topliss-reactive ketones (excluding diaryl/α,β-unsaturated/α-hetero) is 1. The van der Waals surface area contributed by atoms with Crippen molar-refractivity contribution >= 4 is 17.4 Å². The Labute approximate surface area is 208 Å². The number of hydrogen-bond donors (Lipinski definition) is 0. The van der Waals surface area contributed by atoms with Crippen molar-refractivity contribution < 1.29 is 23.0 Å². The van der Waals surface area contributed by atoms with E-state index in [4.69, 9.17) is 21.1 Å². The molecule has 0 radical (unpaired) electrons. The highest BCUT2D eigenvalue weighted by Gasteiger charge is 2.25. The van der Waals surface area contributed by atoms with Crippen molar-refractivity contribution in [1.29, 1.82) is 0 Å². The number of para-hydroxylation sites is 1. The van der Waals surface area contributed by atoms with Crippen LogP contribution in [0.15, 0.2) is 53.6 Å². The van der Waals surface area contributed by atoms with E-state index in [0.717, 1.165) is 6.20 Å². The van der Waals surface area contributed by atoms with Gasteiger partial charge in [-0.3, -0.25) is 24.1 Å². The summed E-state index contributed by atoms with van der Waals surface area (Å²) < 4.78 is 39.6. The number of aromatic nitrogens is 3. The third-order valence-corrected chi connectivity index (χ3v) is 6.15. The van der Waals surface area contributed by atoms with E-state index in [1.165, 1.54) is 4.57 Å². The molecule has 0 unspecified atom stereocenters. The topological polar surface area (TPSA) is 83.3 Å². The average molecular weight is 510 g/mol. The second-order valence-corrected chi connectivity index (χ2v) is 8.60. The second kappa shape index (κ2) is 9.16. The number of ether oxygens (including phenoxy) is 2. The van der Waals surface area contributed by atoms with Gasteiger partial charge in [-0.25, -0.2) is 8.78 Å². The van der Waals surface area contributed by atoms with Gasteiger partial charge in [0.05, 0.1) is 23.1 Å². The molecule has 0 saturated heterocycles. The Balaban J connectivity index is 1.53. The van der Waals surface area contributed by atoms with E-state index in [-0.39, 0.29) is 35.5 Å². The molecule has 0 bridgehead atoms. The predicted molar refractivity (Wildman–Crippen MR) is 128 cm³/mol. The number of aryl methyl sites for hydroxylation is 2. The summed E-state index contributed by atoms with van der Waals surface area (Å²) in [6, 6.07) is 9.21. The fourth-order valence-electron chi connectivity index (χ4n) is 4.01. The second-order valence-electron chi connectivity index (χ2n) is 8.23. The Hall–Kier alpha value is -4.11. The van der Waals surface area contributed by atoms with E-state index in [1.807, 2.05) is 0 Å². The molecule has 0 saturated carbocycles. The van der Waals surface area contributed by atoms with Gasteiger partial charge in [-0.2, -0.15) is 0 Å². The van der Waals surface area contributed by atoms with Crippen LogP contribution in [0.3, 0.4) is 0 Å². The first-order valence-electron chi connectivity index (χ1n) is 10.9. The third kappa shape index (κ3) is 4.11. The number of nitrogens with zero attached hydrogens (tertiary/aromatic N) is 3. The van der Waals surface area contributed by atoms with Crippen molar-refractivity contribution in [3.05, 3.63) is 98.3 Å². The number of rotatable bonds is 5. The van der Waals surface area contributed by atoms with Crippen molar-refractivity contribution in [3.63, 3.8) is 0 Å². The lowest BCUT2D eigenvalue weighted by molar-refractivity contribution is 0.0961. The normalized spacial score (nSPS) is 12.4. The zero-order chi connectivity index (χ0) is 25.6. The van der Waals surface area contributed by atoms with Crippen LogP contribution in [0.4, 0.5) is 8.78 Å². The van der Waals surface area contributed by atoms with Crippen LogP contribution in [0.25, 0.3) is 16.9 Å². The standard InChI is InChI=1S/C26H18ClF2N3O4/c1-13-9-30-19(16-4-3-5-17-22(33)12-36-25(16)17)8-21(13)32-14(2)6-23(24(27)26(32)34)35-11-20-18(29)7-15(28)10-31-20/h3-10H,11-12H2,1-2H3. The quantitative estimate of drug-likeness (QED) is 0.376. The molecule has 0 N–H and O–H groups in total. The molecule has 10 heteroatoms. The first-order chi connectivity index (χ1) is 17.2. The Morgan fingerprint density at radius 2 is 1.86 bits per heavy atom. The van der Waals surface area contributed by atoms with E-state index in [2.05, 4.69) is 9.97 Å². The number of halogens is 3. The van der Waals surface area contributed by atoms with Crippen LogP contribution in [0.5, 0.6) is 11.5 Å². The lowest BCUT2D eigenvalue weighted by Gasteiger charge is -2.17. The van der Waals surface area contributed by atoms with Crippen LogP contribution in [0.1, 0.15) is 27.3 Å². The summed E-state index contributed by atoms with van der Waals surface area (Å²) >= 11 is 6.35. The predicted octanol–water partition coefficient (Wildman–Crippen LogP) is 5.00. The van der Waals surface area contributed by atoms with E-state index in [0.29, 0.717) is 45.6 Å². The molecular weight excluding hydrogens is 492 g/mol. The summed E-state index contributed by atoms with van der Waals surface area (Å²) in [6.07, 6.45) is 2.49. The molecule has 0 atom stereocenters. The number of carbonyl (C=O) groups excluding carboxylic acids is 1. The van der Waals surface area contributed by atoms with Gasteiger partial charge in [0, 0.05) is 29.6 Å². The van der Waals surface area contributed by atoms with Gasteiger partial charge in [-0.15, -0.1) is 0 Å². The summed E-state index contributed by atoms with van der Waals surface area (Å²) in [5.74, 6) is -1.28. The number of carbonyl (C=O) groups is 1. The van der Waals surface area contributed by atoms with Crippen LogP contribution in [0.2, 0.25) is 5.02 Å². The Kier molecular flexibility index (Phi) is 6.01. The number of hydrogen-bond acceptors (Lipinski definition) is 6. The molecule has 1 aliphatic rings. The fourth-order valence-corrected chi connectivity index (χ4v) is 4.21. The minimum Gasteiger partial charge on any atom is -0.485 e. The van der Waals surface area contributed by atoms with E-state index < -0.39 is 17.2 Å². The maximum Gasteiger partial charge on any atom is 0.277 e. The van der Waals surface area contributed by atoms with Crippen molar-refractivity contribution in [3.8, 4) is 28.4 Å². The van der Waals surface area contributed by atoms with Crippen molar-refractivity contribution in [2.45, 2.75) is 20.5 Å². The van der Waals surface area contributed by atoms with Gasteiger partial charge in [-0.05, 0) is 37.6 Å². The number of pyridine rings is 3. The van der Waals surface area contributed by atoms with Gasteiger partial charge in [-0.1, -0.05) is 17.7 Å². The van der Waals surface area contributed by atoms with Crippen molar-refractivity contribution in [1.82, 2.24) is 14.5 Å². The van der Waals surface area contributed by atoms with Crippen LogP contribution >= 0.6 is 11.6 Å². The van der Waals surface area contributed by atoms with Gasteiger partial charge in [0.1, 0.15) is 34.6 Å². The summed E-state index contributed by atoms with van der Waals surface area (Å²) in [6.45, 7) is 3.13. The van der Waals surface area contributed by atoms with Gasteiger partial charge in [0.2, 0.25) is 5.78 Å². The van der Waals surface area contributed by atoms with Crippen LogP contribution in [0, 0.1) is 25.5 Å². The maximum absolute atomic E-state index is 13.9. The molecule has 7 nitrogen and oxygen atoms in total. The Morgan fingerprint density at radius 3 is 2.64 bits per heavy atom. The molecule has 4 heterocycles. The smallest absolute Gasteiger partial charge is 0.277 e. The van der Waals surface area contributed by atoms with Gasteiger partial charge in [0.15, 0.2) is 12.4 Å². The van der Waals surface area contributed by atoms with Crippen LogP contribution in [-0.4, -0.2) is 26.9 Å². The third-order valence-electron chi connectivity index (χ3n) is 5.80. The first-order valence-corrected chi connectivity index (χ1v) is 11.2. The average Bonchev–Trinajstić information content (AvgIpc) is 3.23. The summed E-state index contributed by atoms with van der Waals surface area (Å²) in [4.78, 5) is 33.5. The molecule has 1 aromatic carbocycles. The van der Waals surface area contributed by atoms with E-state index in [1.54, 1.807) is 50.4 Å². The van der Waals surface area contributed by atoms with Crippen molar-refractivity contribution in [2.75, 3.05) is 6.61 Å². The van der Waals surface area contributed by atoms with Gasteiger partial charge >= 0.3 is 0 Å². The van der Waals surface area contributed by atoms with E-state index >= 15 is 0 Å².